The van der Waals surface area contributed by atoms with E-state index in [-0.39, 0.29) is 31.0 Å². The molecule has 3 aromatic carbocycles. The summed E-state index contributed by atoms with van der Waals surface area (Å²) in [6.45, 7) is -0.325. The fourth-order valence-corrected chi connectivity index (χ4v) is 2.90. The van der Waals surface area contributed by atoms with Gasteiger partial charge in [-0.15, -0.1) is 0 Å². The molecule has 0 fully saturated rings. The minimum atomic E-state index is -0.383. The molecule has 0 aromatic heterocycles. The number of nitrogens with one attached hydrogen (secondary N) is 2. The zero-order valence-electron chi connectivity index (χ0n) is 15.7. The molecule has 6 heteroatoms. The van der Waals surface area contributed by atoms with Crippen LogP contribution in [-0.4, -0.2) is 25.0 Å². The Labute approximate surface area is 174 Å². The van der Waals surface area contributed by atoms with E-state index in [1.54, 1.807) is 24.3 Å². The molecule has 5 nitrogen and oxygen atoms in total. The topological polar surface area (TPSA) is 67.4 Å². The molecule has 29 heavy (non-hydrogen) atoms. The van der Waals surface area contributed by atoms with Crippen molar-refractivity contribution in [2.75, 3.05) is 13.2 Å². The maximum atomic E-state index is 12.4. The number of hydrogen-bond acceptors (Lipinski definition) is 3. The van der Waals surface area contributed by atoms with Gasteiger partial charge >= 0.3 is 0 Å². The van der Waals surface area contributed by atoms with Crippen LogP contribution in [0.2, 0.25) is 5.02 Å². The first kappa shape index (κ1) is 20.4. The van der Waals surface area contributed by atoms with Crippen LogP contribution < -0.4 is 15.4 Å². The lowest BCUT2D eigenvalue weighted by Gasteiger charge is -2.20. The molecule has 3 rings (SSSR count). The number of carbonyl (C=O) groups is 2. The fourth-order valence-electron chi connectivity index (χ4n) is 2.77. The van der Waals surface area contributed by atoms with Gasteiger partial charge in [-0.1, -0.05) is 72.3 Å². The predicted octanol–water partition coefficient (Wildman–Crippen LogP) is 3.74. The normalized spacial score (nSPS) is 10.4. The van der Waals surface area contributed by atoms with Crippen molar-refractivity contribution in [2.45, 2.75) is 6.04 Å². The summed E-state index contributed by atoms with van der Waals surface area (Å²) in [7, 11) is 0. The smallest absolute Gasteiger partial charge is 0.258 e. The molecule has 3 aromatic rings. The van der Waals surface area contributed by atoms with E-state index >= 15 is 0 Å². The van der Waals surface area contributed by atoms with Crippen LogP contribution in [0, 0.1) is 0 Å². The van der Waals surface area contributed by atoms with Crippen molar-refractivity contribution in [1.29, 1.82) is 0 Å². The number of carbonyl (C=O) groups excluding carboxylic acids is 2. The van der Waals surface area contributed by atoms with Crippen LogP contribution in [0.1, 0.15) is 17.2 Å². The number of amides is 2. The summed E-state index contributed by atoms with van der Waals surface area (Å²) in [5.41, 5.74) is 1.92. The van der Waals surface area contributed by atoms with Crippen molar-refractivity contribution in [1.82, 2.24) is 10.6 Å². The predicted molar refractivity (Wildman–Crippen MR) is 113 cm³/mol. The molecule has 0 spiro atoms. The molecule has 0 aliphatic rings. The van der Waals surface area contributed by atoms with Crippen LogP contribution in [0.25, 0.3) is 0 Å². The van der Waals surface area contributed by atoms with Crippen LogP contribution in [0.15, 0.2) is 84.9 Å². The Morgan fingerprint density at radius 1 is 0.793 bits per heavy atom. The Hall–Kier alpha value is -3.31. The summed E-state index contributed by atoms with van der Waals surface area (Å²) in [6.07, 6.45) is 0. The second-order valence-electron chi connectivity index (χ2n) is 6.34. The highest BCUT2D eigenvalue weighted by molar-refractivity contribution is 6.30. The molecular formula is C23H21ClN2O3. The minimum Gasteiger partial charge on any atom is -0.484 e. The summed E-state index contributed by atoms with van der Waals surface area (Å²) < 4.78 is 5.37. The molecule has 0 bridgehead atoms. The molecule has 0 unspecified atom stereocenters. The van der Waals surface area contributed by atoms with E-state index in [9.17, 15) is 9.59 Å². The van der Waals surface area contributed by atoms with E-state index < -0.39 is 0 Å². The largest absolute Gasteiger partial charge is 0.484 e. The molecule has 2 N–H and O–H groups in total. The van der Waals surface area contributed by atoms with Crippen LogP contribution in [0.4, 0.5) is 0 Å². The number of ether oxygens (including phenoxy) is 1. The third-order valence-electron chi connectivity index (χ3n) is 4.20. The average Bonchev–Trinajstić information content (AvgIpc) is 2.77. The van der Waals surface area contributed by atoms with Crippen LogP contribution in [0.3, 0.4) is 0 Å². The van der Waals surface area contributed by atoms with Gasteiger partial charge < -0.3 is 15.4 Å². The van der Waals surface area contributed by atoms with Crippen molar-refractivity contribution in [3.8, 4) is 5.75 Å². The molecule has 0 saturated heterocycles. The van der Waals surface area contributed by atoms with Gasteiger partial charge in [0.05, 0.1) is 12.6 Å². The van der Waals surface area contributed by atoms with Crippen molar-refractivity contribution in [3.63, 3.8) is 0 Å². The summed E-state index contributed by atoms with van der Waals surface area (Å²) in [5, 5.41) is 6.13. The molecule has 0 saturated carbocycles. The Bertz CT molecular complexity index is 892. The van der Waals surface area contributed by atoms with E-state index in [1.807, 2.05) is 60.7 Å². The second kappa shape index (κ2) is 10.3. The molecule has 2 amide bonds. The van der Waals surface area contributed by atoms with E-state index in [4.69, 9.17) is 16.3 Å². The molecule has 0 aliphatic heterocycles. The SMILES string of the molecule is O=C(COc1ccc(Cl)cc1)NCC(=O)NC(c1ccccc1)c1ccccc1. The molecule has 148 valence electrons. The third-order valence-corrected chi connectivity index (χ3v) is 4.45. The number of rotatable bonds is 8. The van der Waals surface area contributed by atoms with Gasteiger partial charge in [-0.3, -0.25) is 9.59 Å². The summed E-state index contributed by atoms with van der Waals surface area (Å²) in [4.78, 5) is 24.4. The minimum absolute atomic E-state index is 0.140. The van der Waals surface area contributed by atoms with Gasteiger partial charge in [-0.25, -0.2) is 0 Å². The zero-order valence-corrected chi connectivity index (χ0v) is 16.4. The van der Waals surface area contributed by atoms with Crippen molar-refractivity contribution >= 4 is 23.4 Å². The molecule has 0 aliphatic carbocycles. The highest BCUT2D eigenvalue weighted by Gasteiger charge is 2.17. The molecule has 0 radical (unpaired) electrons. The van der Waals surface area contributed by atoms with Crippen LogP contribution in [0.5, 0.6) is 5.75 Å². The van der Waals surface area contributed by atoms with Crippen LogP contribution in [-0.2, 0) is 9.59 Å². The average molecular weight is 409 g/mol. The number of hydrogen-bond donors (Lipinski definition) is 2. The van der Waals surface area contributed by atoms with E-state index in [2.05, 4.69) is 10.6 Å². The molecule has 0 heterocycles. The summed E-state index contributed by atoms with van der Waals surface area (Å²) in [5.74, 6) is -0.143. The lowest BCUT2D eigenvalue weighted by atomic mass is 9.99. The van der Waals surface area contributed by atoms with Gasteiger partial charge in [0.1, 0.15) is 5.75 Å². The van der Waals surface area contributed by atoms with E-state index in [0.29, 0.717) is 10.8 Å². The van der Waals surface area contributed by atoms with Crippen molar-refractivity contribution < 1.29 is 14.3 Å². The highest BCUT2D eigenvalue weighted by Crippen LogP contribution is 2.21. The first-order valence-electron chi connectivity index (χ1n) is 9.16. The standard InChI is InChI=1S/C23H21ClN2O3/c24-19-11-13-20(14-12-19)29-16-22(28)25-15-21(27)26-23(17-7-3-1-4-8-17)18-9-5-2-6-10-18/h1-14,23H,15-16H2,(H,25,28)(H,26,27). The van der Waals surface area contributed by atoms with Gasteiger partial charge in [-0.05, 0) is 35.4 Å². The second-order valence-corrected chi connectivity index (χ2v) is 6.78. The van der Waals surface area contributed by atoms with Crippen molar-refractivity contribution in [2.24, 2.45) is 0 Å². The maximum Gasteiger partial charge on any atom is 0.258 e. The Morgan fingerprint density at radius 3 is 1.90 bits per heavy atom. The highest BCUT2D eigenvalue weighted by atomic mass is 35.5. The number of benzene rings is 3. The number of halogens is 1. The van der Waals surface area contributed by atoms with Gasteiger partial charge in [0.2, 0.25) is 5.91 Å². The maximum absolute atomic E-state index is 12.4. The van der Waals surface area contributed by atoms with Crippen molar-refractivity contribution in [3.05, 3.63) is 101 Å². The van der Waals surface area contributed by atoms with Gasteiger partial charge in [0, 0.05) is 5.02 Å². The molecular weight excluding hydrogens is 388 g/mol. The van der Waals surface area contributed by atoms with Gasteiger partial charge in [0.25, 0.3) is 5.91 Å². The van der Waals surface area contributed by atoms with Gasteiger partial charge in [-0.2, -0.15) is 0 Å². The summed E-state index contributed by atoms with van der Waals surface area (Å²) in [6, 6.07) is 25.8. The lowest BCUT2D eigenvalue weighted by molar-refractivity contribution is -0.127. The first-order chi connectivity index (χ1) is 14.1. The quantitative estimate of drug-likeness (QED) is 0.596. The van der Waals surface area contributed by atoms with Gasteiger partial charge in [0.15, 0.2) is 6.61 Å². The Kier molecular flexibility index (Phi) is 7.25. The zero-order chi connectivity index (χ0) is 20.5. The first-order valence-corrected chi connectivity index (χ1v) is 9.54. The molecule has 0 atom stereocenters. The monoisotopic (exact) mass is 408 g/mol. The van der Waals surface area contributed by atoms with E-state index in [0.717, 1.165) is 11.1 Å². The Morgan fingerprint density at radius 2 is 1.34 bits per heavy atom. The third kappa shape index (κ3) is 6.36. The van der Waals surface area contributed by atoms with E-state index in [1.165, 1.54) is 0 Å². The lowest BCUT2D eigenvalue weighted by Crippen LogP contribution is -2.40. The van der Waals surface area contributed by atoms with Crippen LogP contribution >= 0.6 is 11.6 Å². The summed E-state index contributed by atoms with van der Waals surface area (Å²) >= 11 is 5.81. The Balaban J connectivity index is 1.53. The fraction of sp³-hybridized carbons (Fsp3) is 0.130.